The number of carbonyl (C=O) groups is 2. The minimum absolute atomic E-state index is 0.0561. The molecule has 0 radical (unpaired) electrons. The van der Waals surface area contributed by atoms with Gasteiger partial charge < -0.3 is 9.47 Å². The Morgan fingerprint density at radius 3 is 2.83 bits per heavy atom. The Hall–Kier alpha value is -1.63. The summed E-state index contributed by atoms with van der Waals surface area (Å²) in [5.74, 6) is 1.04. The lowest BCUT2D eigenvalue weighted by Gasteiger charge is -2.22. The maximum Gasteiger partial charge on any atom is 0.414 e. The van der Waals surface area contributed by atoms with Crippen LogP contribution in [0.4, 0.5) is 9.80 Å². The van der Waals surface area contributed by atoms with Gasteiger partial charge in [0.15, 0.2) is 0 Å². The molecular weight excluding hydrogens is 316 g/mol. The average molecular weight is 338 g/mol. The van der Waals surface area contributed by atoms with Gasteiger partial charge in [-0.3, -0.25) is 9.69 Å². The van der Waals surface area contributed by atoms with E-state index in [1.54, 1.807) is 10.4 Å². The molecule has 2 aliphatic carbocycles. The van der Waals surface area contributed by atoms with E-state index in [-0.39, 0.29) is 18.6 Å². The quantitative estimate of drug-likeness (QED) is 0.647. The van der Waals surface area contributed by atoms with E-state index in [0.29, 0.717) is 31.5 Å². The SMILES string of the molecule is CC(COC=O)c1ncsc1N(CC1CC1)C(=O)OCC1CC1. The fourth-order valence-electron chi connectivity index (χ4n) is 2.40. The second-order valence-corrected chi connectivity index (χ2v) is 7.28. The molecule has 23 heavy (non-hydrogen) atoms. The summed E-state index contributed by atoms with van der Waals surface area (Å²) in [6.45, 7) is 3.83. The molecule has 0 aromatic carbocycles. The van der Waals surface area contributed by atoms with Crippen LogP contribution < -0.4 is 4.90 Å². The van der Waals surface area contributed by atoms with Crippen molar-refractivity contribution in [1.82, 2.24) is 4.98 Å². The van der Waals surface area contributed by atoms with E-state index < -0.39 is 0 Å². The van der Waals surface area contributed by atoms with Crippen LogP contribution in [0, 0.1) is 11.8 Å². The van der Waals surface area contributed by atoms with Gasteiger partial charge >= 0.3 is 6.09 Å². The number of ether oxygens (including phenoxy) is 2. The zero-order chi connectivity index (χ0) is 16.2. The standard InChI is InChI=1S/C16H22N2O4S/c1-11(7-21-10-19)14-15(23-9-17-14)18(6-12-2-3-12)16(20)22-8-13-4-5-13/h9-13H,2-8H2,1H3. The lowest BCUT2D eigenvalue weighted by molar-refractivity contribution is -0.129. The molecular formula is C16H22N2O4S. The monoisotopic (exact) mass is 338 g/mol. The summed E-state index contributed by atoms with van der Waals surface area (Å²) in [5, 5.41) is 0.819. The number of carbonyl (C=O) groups excluding carboxylic acids is 2. The fraction of sp³-hybridized carbons (Fsp3) is 0.688. The highest BCUT2D eigenvalue weighted by atomic mass is 32.1. The summed E-state index contributed by atoms with van der Waals surface area (Å²) in [6.07, 6.45) is 4.34. The third kappa shape index (κ3) is 4.43. The van der Waals surface area contributed by atoms with Crippen LogP contribution in [0.2, 0.25) is 0 Å². The number of nitrogens with zero attached hydrogens (tertiary/aromatic N) is 2. The van der Waals surface area contributed by atoms with Crippen molar-refractivity contribution in [1.29, 1.82) is 0 Å². The molecule has 2 saturated carbocycles. The summed E-state index contributed by atoms with van der Waals surface area (Å²) in [5.41, 5.74) is 2.52. The van der Waals surface area contributed by atoms with E-state index in [2.05, 4.69) is 4.98 Å². The van der Waals surface area contributed by atoms with E-state index in [1.807, 2.05) is 6.92 Å². The summed E-state index contributed by atoms with van der Waals surface area (Å²) in [7, 11) is 0. The van der Waals surface area contributed by atoms with Gasteiger partial charge in [0.05, 0.1) is 24.4 Å². The highest BCUT2D eigenvalue weighted by Gasteiger charge is 2.33. The molecule has 0 spiro atoms. The van der Waals surface area contributed by atoms with E-state index in [9.17, 15) is 9.59 Å². The molecule has 0 N–H and O–H groups in total. The number of anilines is 1. The zero-order valence-electron chi connectivity index (χ0n) is 13.3. The predicted octanol–water partition coefficient (Wildman–Crippen LogP) is 3.18. The van der Waals surface area contributed by atoms with Crippen molar-refractivity contribution >= 4 is 28.9 Å². The molecule has 0 bridgehead atoms. The molecule has 0 saturated heterocycles. The highest BCUT2D eigenvalue weighted by molar-refractivity contribution is 7.14. The Bertz CT molecular complexity index is 554. The van der Waals surface area contributed by atoms with Gasteiger partial charge in [-0.1, -0.05) is 6.92 Å². The van der Waals surface area contributed by atoms with Crippen LogP contribution >= 0.6 is 11.3 Å². The second kappa shape index (κ2) is 7.29. The first-order valence-corrected chi connectivity index (χ1v) is 9.00. The van der Waals surface area contributed by atoms with Crippen molar-refractivity contribution < 1.29 is 19.1 Å². The summed E-state index contributed by atoms with van der Waals surface area (Å²) in [6, 6.07) is 0. The fourth-order valence-corrected chi connectivity index (χ4v) is 3.32. The Morgan fingerprint density at radius 2 is 2.17 bits per heavy atom. The third-order valence-corrected chi connectivity index (χ3v) is 5.06. The van der Waals surface area contributed by atoms with Crippen LogP contribution in [-0.2, 0) is 14.3 Å². The molecule has 2 aliphatic rings. The van der Waals surface area contributed by atoms with Crippen molar-refractivity contribution in [2.45, 2.75) is 38.5 Å². The number of hydrogen-bond acceptors (Lipinski definition) is 6. The molecule has 3 rings (SSSR count). The van der Waals surface area contributed by atoms with E-state index >= 15 is 0 Å². The van der Waals surface area contributed by atoms with Gasteiger partial charge in [-0.05, 0) is 37.5 Å². The molecule has 1 atom stereocenters. The molecule has 7 heteroatoms. The Labute approximate surface area is 139 Å². The molecule has 2 fully saturated rings. The Morgan fingerprint density at radius 1 is 1.43 bits per heavy atom. The van der Waals surface area contributed by atoms with E-state index in [4.69, 9.17) is 9.47 Å². The second-order valence-electron chi connectivity index (χ2n) is 6.45. The minimum atomic E-state index is -0.280. The molecule has 1 aromatic heterocycles. The Kier molecular flexibility index (Phi) is 5.15. The Balaban J connectivity index is 1.71. The lowest BCUT2D eigenvalue weighted by Crippen LogP contribution is -2.34. The first-order valence-electron chi connectivity index (χ1n) is 8.12. The molecule has 1 amide bonds. The highest BCUT2D eigenvalue weighted by Crippen LogP contribution is 2.37. The van der Waals surface area contributed by atoms with Crippen molar-refractivity contribution in [3.63, 3.8) is 0 Å². The van der Waals surface area contributed by atoms with Gasteiger partial charge in [-0.25, -0.2) is 9.78 Å². The topological polar surface area (TPSA) is 68.7 Å². The summed E-state index contributed by atoms with van der Waals surface area (Å²) in [4.78, 5) is 29.0. The number of thiazole rings is 1. The maximum absolute atomic E-state index is 12.5. The first kappa shape index (κ1) is 16.2. The smallest absolute Gasteiger partial charge is 0.414 e. The van der Waals surface area contributed by atoms with Gasteiger partial charge in [0.1, 0.15) is 5.00 Å². The van der Waals surface area contributed by atoms with Crippen LogP contribution in [0.3, 0.4) is 0 Å². The van der Waals surface area contributed by atoms with Crippen LogP contribution in [0.25, 0.3) is 0 Å². The molecule has 1 aromatic rings. The van der Waals surface area contributed by atoms with Gasteiger partial charge in [-0.2, -0.15) is 0 Å². The van der Waals surface area contributed by atoms with Crippen LogP contribution in [0.15, 0.2) is 5.51 Å². The predicted molar refractivity (Wildman–Crippen MR) is 86.7 cm³/mol. The van der Waals surface area contributed by atoms with E-state index in [1.165, 1.54) is 11.3 Å². The normalized spacial score (nSPS) is 18.3. The van der Waals surface area contributed by atoms with Gasteiger partial charge in [0.2, 0.25) is 0 Å². The van der Waals surface area contributed by atoms with Crippen molar-refractivity contribution in [3.8, 4) is 0 Å². The van der Waals surface area contributed by atoms with Crippen LogP contribution in [0.5, 0.6) is 0 Å². The summed E-state index contributed by atoms with van der Waals surface area (Å²) < 4.78 is 10.3. The number of amides is 1. The number of aromatic nitrogens is 1. The average Bonchev–Trinajstić information content (AvgIpc) is 3.48. The number of hydrogen-bond donors (Lipinski definition) is 0. The van der Waals surface area contributed by atoms with Gasteiger partial charge in [0.25, 0.3) is 6.47 Å². The first-order chi connectivity index (χ1) is 11.2. The summed E-state index contributed by atoms with van der Waals surface area (Å²) >= 11 is 1.44. The zero-order valence-corrected chi connectivity index (χ0v) is 14.1. The lowest BCUT2D eigenvalue weighted by atomic mass is 10.1. The van der Waals surface area contributed by atoms with Gasteiger partial charge in [0, 0.05) is 12.5 Å². The van der Waals surface area contributed by atoms with Crippen molar-refractivity contribution in [2.75, 3.05) is 24.7 Å². The molecule has 126 valence electrons. The molecule has 0 aliphatic heterocycles. The maximum atomic E-state index is 12.5. The van der Waals surface area contributed by atoms with E-state index in [0.717, 1.165) is 36.4 Å². The van der Waals surface area contributed by atoms with Gasteiger partial charge in [-0.15, -0.1) is 11.3 Å². The molecule has 1 heterocycles. The molecule has 6 nitrogen and oxygen atoms in total. The third-order valence-electron chi connectivity index (χ3n) is 4.20. The minimum Gasteiger partial charge on any atom is -0.467 e. The molecule has 1 unspecified atom stereocenters. The van der Waals surface area contributed by atoms with Crippen molar-refractivity contribution in [3.05, 3.63) is 11.2 Å². The van der Waals surface area contributed by atoms with Crippen molar-refractivity contribution in [2.24, 2.45) is 11.8 Å². The van der Waals surface area contributed by atoms with Crippen LogP contribution in [0.1, 0.15) is 44.2 Å². The van der Waals surface area contributed by atoms with Crippen LogP contribution in [-0.4, -0.2) is 37.3 Å². The largest absolute Gasteiger partial charge is 0.467 e. The number of rotatable bonds is 9.